The summed E-state index contributed by atoms with van der Waals surface area (Å²) in [6.07, 6.45) is 5.65. The van der Waals surface area contributed by atoms with Crippen molar-refractivity contribution >= 4 is 40.1 Å². The number of allylic oxidation sites excluding steroid dienone is 1. The Morgan fingerprint density at radius 2 is 1.69 bits per heavy atom. The maximum absolute atomic E-state index is 13.8. The first-order chi connectivity index (χ1) is 20.3. The fraction of sp³-hybridized carbons (Fsp3) is 0.343. The number of amides is 2. The van der Waals surface area contributed by atoms with Crippen LogP contribution in [0.3, 0.4) is 0 Å². The van der Waals surface area contributed by atoms with Crippen LogP contribution >= 0.6 is 11.8 Å². The Balaban J connectivity index is 1.35. The van der Waals surface area contributed by atoms with Gasteiger partial charge in [0.25, 0.3) is 11.8 Å². The smallest absolute Gasteiger partial charge is 0.255 e. The van der Waals surface area contributed by atoms with Gasteiger partial charge in [-0.25, -0.2) is 4.99 Å². The second-order valence-corrected chi connectivity index (χ2v) is 12.3. The second kappa shape index (κ2) is 13.4. The number of unbranched alkanes of at least 4 members (excludes halogenated alkanes) is 2. The molecule has 0 spiro atoms. The molecule has 0 bridgehead atoms. The van der Waals surface area contributed by atoms with Crippen molar-refractivity contribution in [2.75, 3.05) is 22.9 Å². The van der Waals surface area contributed by atoms with Gasteiger partial charge in [0, 0.05) is 29.2 Å². The predicted molar refractivity (Wildman–Crippen MR) is 175 cm³/mol. The third-order valence-electron chi connectivity index (χ3n) is 7.90. The summed E-state index contributed by atoms with van der Waals surface area (Å²) in [6, 6.07) is 21.5. The molecule has 0 radical (unpaired) electrons. The molecule has 2 aliphatic rings. The lowest BCUT2D eigenvalue weighted by Gasteiger charge is -2.41. The van der Waals surface area contributed by atoms with Crippen LogP contribution in [0.5, 0.6) is 0 Å². The Morgan fingerprint density at radius 3 is 2.40 bits per heavy atom. The number of carbonyl (C=O) groups excluding carboxylic acids is 2. The Morgan fingerprint density at radius 1 is 0.929 bits per heavy atom. The van der Waals surface area contributed by atoms with Crippen molar-refractivity contribution < 1.29 is 9.59 Å². The summed E-state index contributed by atoms with van der Waals surface area (Å²) in [5, 5.41) is 7.14. The summed E-state index contributed by atoms with van der Waals surface area (Å²) in [5.41, 5.74) is 7.98. The molecule has 2 N–H and O–H groups in total. The first kappa shape index (κ1) is 29.6. The number of hydrogen-bond donors (Lipinski definition) is 2. The minimum absolute atomic E-state index is 0.133. The van der Waals surface area contributed by atoms with Crippen LogP contribution in [0.2, 0.25) is 0 Å². The summed E-state index contributed by atoms with van der Waals surface area (Å²) < 4.78 is 0. The lowest BCUT2D eigenvalue weighted by Crippen LogP contribution is -2.43. The zero-order chi connectivity index (χ0) is 29.6. The van der Waals surface area contributed by atoms with Crippen molar-refractivity contribution in [3.05, 3.63) is 106 Å². The average Bonchev–Trinajstić information content (AvgIpc) is 2.98. The molecule has 1 atom stereocenters. The van der Waals surface area contributed by atoms with Crippen LogP contribution < -0.4 is 10.6 Å². The van der Waals surface area contributed by atoms with Gasteiger partial charge in [-0.05, 0) is 87.1 Å². The van der Waals surface area contributed by atoms with Gasteiger partial charge in [0.15, 0.2) is 5.17 Å². The van der Waals surface area contributed by atoms with E-state index in [0.29, 0.717) is 11.1 Å². The zero-order valence-corrected chi connectivity index (χ0v) is 25.8. The quantitative estimate of drug-likeness (QED) is 0.251. The molecule has 1 unspecified atom stereocenters. The van der Waals surface area contributed by atoms with Gasteiger partial charge >= 0.3 is 0 Å². The average molecular weight is 581 g/mol. The molecule has 2 amide bonds. The lowest BCUT2D eigenvalue weighted by atomic mass is 9.93. The standard InChI is InChI=1S/C35H40N4O2S/c1-5-6-7-9-26-11-13-28(14-12-26)33(40)37-29-17-15-27(16-18-29)32-31(25(4)36-35-39(32)20-8-21-42-35)34(41)38-30-19-10-23(2)22-24(30)3/h10-19,22,32H,5-9,20-21H2,1-4H3,(H,37,40)(H,38,41). The number of carbonyl (C=O) groups is 2. The largest absolute Gasteiger partial charge is 0.340 e. The molecule has 1 fully saturated rings. The second-order valence-electron chi connectivity index (χ2n) is 11.2. The number of hydrogen-bond acceptors (Lipinski definition) is 5. The molecule has 218 valence electrons. The van der Waals surface area contributed by atoms with Crippen LogP contribution in [0.25, 0.3) is 0 Å². The van der Waals surface area contributed by atoms with Crippen molar-refractivity contribution in [1.29, 1.82) is 0 Å². The van der Waals surface area contributed by atoms with Gasteiger partial charge in [-0.1, -0.05) is 73.5 Å². The number of nitrogens with zero attached hydrogens (tertiary/aromatic N) is 2. The molecule has 0 aliphatic carbocycles. The summed E-state index contributed by atoms with van der Waals surface area (Å²) >= 11 is 1.74. The number of anilines is 2. The normalized spacial score (nSPS) is 16.5. The van der Waals surface area contributed by atoms with Crippen LogP contribution in [0.15, 0.2) is 83.0 Å². The molecule has 6 nitrogen and oxygen atoms in total. The van der Waals surface area contributed by atoms with E-state index in [-0.39, 0.29) is 17.9 Å². The first-order valence-corrected chi connectivity index (χ1v) is 15.9. The van der Waals surface area contributed by atoms with E-state index in [1.54, 1.807) is 11.8 Å². The van der Waals surface area contributed by atoms with E-state index in [1.807, 2.05) is 81.4 Å². The van der Waals surface area contributed by atoms with Crippen molar-refractivity contribution in [2.45, 2.75) is 65.8 Å². The minimum Gasteiger partial charge on any atom is -0.340 e. The number of nitrogens with one attached hydrogen (secondary N) is 2. The summed E-state index contributed by atoms with van der Waals surface area (Å²) in [7, 11) is 0. The van der Waals surface area contributed by atoms with Crippen molar-refractivity contribution in [3.63, 3.8) is 0 Å². The molecule has 5 rings (SSSR count). The number of aliphatic imine (C=N–C) groups is 1. The molecular weight excluding hydrogens is 540 g/mol. The number of fused-ring (bicyclic) bond motifs is 1. The van der Waals surface area contributed by atoms with Gasteiger partial charge in [0.2, 0.25) is 0 Å². The van der Waals surface area contributed by atoms with E-state index in [0.717, 1.165) is 64.1 Å². The van der Waals surface area contributed by atoms with Crippen molar-refractivity contribution in [3.8, 4) is 0 Å². The highest BCUT2D eigenvalue weighted by atomic mass is 32.2. The highest BCUT2D eigenvalue weighted by Crippen LogP contribution is 2.40. The van der Waals surface area contributed by atoms with Crippen molar-refractivity contribution in [1.82, 2.24) is 4.90 Å². The number of amidine groups is 1. The third kappa shape index (κ3) is 6.79. The molecule has 0 aromatic heterocycles. The van der Waals surface area contributed by atoms with Crippen LogP contribution in [0, 0.1) is 13.8 Å². The minimum atomic E-state index is -0.263. The molecule has 3 aromatic rings. The van der Waals surface area contributed by atoms with E-state index in [1.165, 1.54) is 24.8 Å². The number of rotatable bonds is 9. The molecule has 1 saturated heterocycles. The molecule has 0 saturated carbocycles. The number of thioether (sulfide) groups is 1. The molecule has 2 heterocycles. The maximum atomic E-state index is 13.8. The number of aryl methyl sites for hydroxylation is 3. The van der Waals surface area contributed by atoms with Gasteiger partial charge < -0.3 is 15.5 Å². The Labute approximate surface area is 253 Å². The highest BCUT2D eigenvalue weighted by Gasteiger charge is 2.37. The third-order valence-corrected chi connectivity index (χ3v) is 8.98. The van der Waals surface area contributed by atoms with Crippen LogP contribution in [-0.4, -0.2) is 34.2 Å². The maximum Gasteiger partial charge on any atom is 0.255 e. The predicted octanol–water partition coefficient (Wildman–Crippen LogP) is 8.05. The van der Waals surface area contributed by atoms with Gasteiger partial charge in [-0.2, -0.15) is 0 Å². The highest BCUT2D eigenvalue weighted by molar-refractivity contribution is 8.13. The van der Waals surface area contributed by atoms with Crippen LogP contribution in [0.1, 0.15) is 78.2 Å². The molecule has 7 heteroatoms. The SMILES string of the molecule is CCCCCc1ccc(C(=O)Nc2ccc(C3C(C(=O)Nc4ccc(C)cc4C)=C(C)N=C4SCCCN43)cc2)cc1. The van der Waals surface area contributed by atoms with E-state index >= 15 is 0 Å². The fourth-order valence-corrected chi connectivity index (χ4v) is 6.62. The van der Waals surface area contributed by atoms with E-state index in [4.69, 9.17) is 4.99 Å². The van der Waals surface area contributed by atoms with Crippen LogP contribution in [0.4, 0.5) is 11.4 Å². The summed E-state index contributed by atoms with van der Waals surface area (Å²) in [6.45, 7) is 9.01. The van der Waals surface area contributed by atoms with E-state index in [2.05, 4.69) is 28.5 Å². The number of benzene rings is 3. The van der Waals surface area contributed by atoms with Crippen molar-refractivity contribution in [2.24, 2.45) is 4.99 Å². The van der Waals surface area contributed by atoms with E-state index in [9.17, 15) is 9.59 Å². The van der Waals surface area contributed by atoms with Gasteiger partial charge in [0.05, 0.1) is 17.3 Å². The monoisotopic (exact) mass is 580 g/mol. The molecular formula is C35H40N4O2S. The first-order valence-electron chi connectivity index (χ1n) is 14.9. The van der Waals surface area contributed by atoms with Crippen LogP contribution in [-0.2, 0) is 11.2 Å². The molecule has 42 heavy (non-hydrogen) atoms. The summed E-state index contributed by atoms with van der Waals surface area (Å²) in [4.78, 5) is 33.9. The Kier molecular flexibility index (Phi) is 9.48. The van der Waals surface area contributed by atoms with Gasteiger partial charge in [0.1, 0.15) is 0 Å². The Hall–Kier alpha value is -3.84. The molecule has 2 aliphatic heterocycles. The Bertz CT molecular complexity index is 1510. The lowest BCUT2D eigenvalue weighted by molar-refractivity contribution is -0.113. The fourth-order valence-electron chi connectivity index (χ4n) is 5.60. The van der Waals surface area contributed by atoms with Gasteiger partial charge in [-0.3, -0.25) is 9.59 Å². The van der Waals surface area contributed by atoms with Gasteiger partial charge in [-0.15, -0.1) is 0 Å². The zero-order valence-electron chi connectivity index (χ0n) is 25.0. The molecule has 3 aromatic carbocycles. The summed E-state index contributed by atoms with van der Waals surface area (Å²) in [5.74, 6) is 0.745. The topological polar surface area (TPSA) is 73.8 Å². The van der Waals surface area contributed by atoms with E-state index < -0.39 is 0 Å².